The molecule has 2 aliphatic rings. The van der Waals surface area contributed by atoms with Crippen molar-refractivity contribution in [1.82, 2.24) is 14.1 Å². The van der Waals surface area contributed by atoms with Crippen LogP contribution in [0.1, 0.15) is 29.8 Å². The molecule has 2 saturated heterocycles. The summed E-state index contributed by atoms with van der Waals surface area (Å²) in [4.78, 5) is 16.2. The molecule has 0 unspecified atom stereocenters. The van der Waals surface area contributed by atoms with Crippen molar-refractivity contribution in [3.05, 3.63) is 24.2 Å². The first kappa shape index (κ1) is 20.3. The van der Waals surface area contributed by atoms with Crippen LogP contribution in [0.5, 0.6) is 0 Å². The van der Waals surface area contributed by atoms with Gasteiger partial charge >= 0.3 is 0 Å². The zero-order valence-corrected chi connectivity index (χ0v) is 16.6. The summed E-state index contributed by atoms with van der Waals surface area (Å²) in [5, 5.41) is 0. The number of piperidine rings is 1. The van der Waals surface area contributed by atoms with Gasteiger partial charge in [0, 0.05) is 26.2 Å². The number of rotatable bonds is 7. The van der Waals surface area contributed by atoms with Crippen molar-refractivity contribution in [1.29, 1.82) is 0 Å². The molecule has 3 rings (SSSR count). The summed E-state index contributed by atoms with van der Waals surface area (Å²) < 4.78 is 31.8. The summed E-state index contributed by atoms with van der Waals surface area (Å²) in [5.41, 5.74) is 5.71. The van der Waals surface area contributed by atoms with Gasteiger partial charge in [0.25, 0.3) is 5.91 Å². The molecule has 8 nitrogen and oxygen atoms in total. The molecule has 1 aromatic heterocycles. The Morgan fingerprint density at radius 1 is 1.15 bits per heavy atom. The summed E-state index contributed by atoms with van der Waals surface area (Å²) in [6.45, 7) is 5.05. The Bertz CT molecular complexity index is 691. The van der Waals surface area contributed by atoms with Gasteiger partial charge in [0.05, 0.1) is 12.0 Å². The van der Waals surface area contributed by atoms with Crippen LogP contribution in [0.15, 0.2) is 22.8 Å². The molecule has 1 aromatic rings. The second kappa shape index (κ2) is 9.18. The monoisotopic (exact) mass is 398 g/mol. The average Bonchev–Trinajstić information content (AvgIpc) is 3.23. The van der Waals surface area contributed by atoms with Gasteiger partial charge in [-0.1, -0.05) is 0 Å². The number of piperazine rings is 1. The van der Waals surface area contributed by atoms with E-state index in [0.717, 1.165) is 39.0 Å². The van der Waals surface area contributed by atoms with Crippen LogP contribution in [-0.2, 0) is 10.0 Å². The topological polar surface area (TPSA) is 100 Å². The van der Waals surface area contributed by atoms with E-state index in [1.165, 1.54) is 10.6 Å². The zero-order chi connectivity index (χ0) is 19.3. The van der Waals surface area contributed by atoms with Crippen molar-refractivity contribution < 1.29 is 17.6 Å². The van der Waals surface area contributed by atoms with Gasteiger partial charge in [0.15, 0.2) is 5.76 Å². The SMILES string of the molecule is NCC1CCN(CCCS(=O)(=O)N2CCN(C(=O)c3ccco3)CC2)CC1. The average molecular weight is 399 g/mol. The van der Waals surface area contributed by atoms with E-state index in [9.17, 15) is 13.2 Å². The van der Waals surface area contributed by atoms with Gasteiger partial charge in [-0.3, -0.25) is 4.79 Å². The number of sulfonamides is 1. The number of nitrogens with zero attached hydrogens (tertiary/aromatic N) is 3. The molecule has 3 heterocycles. The third-order valence-electron chi connectivity index (χ3n) is 5.57. The number of furan rings is 1. The maximum absolute atomic E-state index is 12.6. The molecule has 2 aliphatic heterocycles. The highest BCUT2D eigenvalue weighted by Crippen LogP contribution is 2.17. The standard InChI is InChI=1S/C18H30N4O4S/c19-15-16-4-7-20(8-5-16)6-2-14-27(24,25)22-11-9-21(10-12-22)18(23)17-3-1-13-26-17/h1,3,13,16H,2,4-12,14-15,19H2. The molecule has 0 bridgehead atoms. The van der Waals surface area contributed by atoms with Crippen molar-refractivity contribution in [2.24, 2.45) is 11.7 Å². The van der Waals surface area contributed by atoms with Crippen LogP contribution in [0, 0.1) is 5.92 Å². The second-order valence-corrected chi connectivity index (χ2v) is 9.45. The van der Waals surface area contributed by atoms with Gasteiger partial charge in [-0.05, 0) is 63.5 Å². The third-order valence-corrected chi connectivity index (χ3v) is 7.52. The van der Waals surface area contributed by atoms with Crippen molar-refractivity contribution in [3.8, 4) is 0 Å². The van der Waals surface area contributed by atoms with Crippen molar-refractivity contribution in [2.75, 3.05) is 58.1 Å². The molecule has 0 aliphatic carbocycles. The Hall–Kier alpha value is -1.42. The Morgan fingerprint density at radius 3 is 2.44 bits per heavy atom. The minimum atomic E-state index is -3.28. The van der Waals surface area contributed by atoms with Crippen molar-refractivity contribution in [2.45, 2.75) is 19.3 Å². The van der Waals surface area contributed by atoms with E-state index in [1.807, 2.05) is 0 Å². The van der Waals surface area contributed by atoms with Gasteiger partial charge in [0.1, 0.15) is 0 Å². The van der Waals surface area contributed by atoms with E-state index in [4.69, 9.17) is 10.2 Å². The lowest BCUT2D eigenvalue weighted by Crippen LogP contribution is -2.51. The van der Waals surface area contributed by atoms with Crippen LogP contribution >= 0.6 is 0 Å². The predicted octanol–water partition coefficient (Wildman–Crippen LogP) is 0.428. The molecule has 27 heavy (non-hydrogen) atoms. The highest BCUT2D eigenvalue weighted by atomic mass is 32.2. The highest BCUT2D eigenvalue weighted by Gasteiger charge is 2.30. The molecule has 0 atom stereocenters. The first-order valence-electron chi connectivity index (χ1n) is 9.72. The second-order valence-electron chi connectivity index (χ2n) is 7.36. The van der Waals surface area contributed by atoms with E-state index >= 15 is 0 Å². The summed E-state index contributed by atoms with van der Waals surface area (Å²) in [6, 6.07) is 3.30. The fourth-order valence-electron chi connectivity index (χ4n) is 3.77. The number of hydrogen-bond acceptors (Lipinski definition) is 6. The molecule has 0 aromatic carbocycles. The molecule has 0 spiro atoms. The molecule has 9 heteroatoms. The van der Waals surface area contributed by atoms with E-state index < -0.39 is 10.0 Å². The Balaban J connectivity index is 1.40. The minimum Gasteiger partial charge on any atom is -0.459 e. The Kier molecular flexibility index (Phi) is 6.91. The minimum absolute atomic E-state index is 0.163. The van der Waals surface area contributed by atoms with E-state index in [-0.39, 0.29) is 11.7 Å². The molecule has 0 radical (unpaired) electrons. The van der Waals surface area contributed by atoms with Gasteiger partial charge in [0.2, 0.25) is 10.0 Å². The van der Waals surface area contributed by atoms with E-state index in [1.54, 1.807) is 17.0 Å². The van der Waals surface area contributed by atoms with Crippen LogP contribution in [-0.4, -0.2) is 86.5 Å². The largest absolute Gasteiger partial charge is 0.459 e. The maximum atomic E-state index is 12.6. The van der Waals surface area contributed by atoms with Crippen LogP contribution < -0.4 is 5.73 Å². The fraction of sp³-hybridized carbons (Fsp3) is 0.722. The normalized spacial score (nSPS) is 20.9. The van der Waals surface area contributed by atoms with E-state index in [2.05, 4.69) is 4.90 Å². The fourth-order valence-corrected chi connectivity index (χ4v) is 5.24. The smallest absolute Gasteiger partial charge is 0.289 e. The number of carbonyl (C=O) groups is 1. The summed E-state index contributed by atoms with van der Waals surface area (Å²) in [7, 11) is -3.28. The number of hydrogen-bond donors (Lipinski definition) is 1. The molecule has 1 amide bonds. The molecule has 2 fully saturated rings. The van der Waals surface area contributed by atoms with Crippen LogP contribution in [0.2, 0.25) is 0 Å². The lowest BCUT2D eigenvalue weighted by Gasteiger charge is -2.34. The van der Waals surface area contributed by atoms with Crippen LogP contribution in [0.25, 0.3) is 0 Å². The number of nitrogens with two attached hydrogens (primary N) is 1. The van der Waals surface area contributed by atoms with Gasteiger partial charge in [-0.25, -0.2) is 8.42 Å². The summed E-state index contributed by atoms with van der Waals surface area (Å²) in [5.74, 6) is 0.892. The zero-order valence-electron chi connectivity index (χ0n) is 15.8. The molecular weight excluding hydrogens is 368 g/mol. The van der Waals surface area contributed by atoms with Crippen molar-refractivity contribution >= 4 is 15.9 Å². The summed E-state index contributed by atoms with van der Waals surface area (Å²) >= 11 is 0. The molecule has 0 saturated carbocycles. The quantitative estimate of drug-likeness (QED) is 0.715. The number of carbonyl (C=O) groups excluding carboxylic acids is 1. The van der Waals surface area contributed by atoms with Gasteiger partial charge in [-0.2, -0.15) is 4.31 Å². The molecule has 2 N–H and O–H groups in total. The Labute approximate surface area is 161 Å². The highest BCUT2D eigenvalue weighted by molar-refractivity contribution is 7.89. The lowest BCUT2D eigenvalue weighted by molar-refractivity contribution is 0.0666. The predicted molar refractivity (Wildman–Crippen MR) is 103 cm³/mol. The van der Waals surface area contributed by atoms with Crippen LogP contribution in [0.4, 0.5) is 0 Å². The third kappa shape index (κ3) is 5.31. The molecular formula is C18H30N4O4S. The van der Waals surface area contributed by atoms with Gasteiger partial charge in [-0.15, -0.1) is 0 Å². The number of likely N-dealkylation sites (tertiary alicyclic amines) is 1. The first-order chi connectivity index (χ1) is 13.0. The summed E-state index contributed by atoms with van der Waals surface area (Å²) in [6.07, 6.45) is 4.32. The Morgan fingerprint density at radius 2 is 1.85 bits per heavy atom. The molecule has 152 valence electrons. The number of amides is 1. The van der Waals surface area contributed by atoms with Crippen molar-refractivity contribution in [3.63, 3.8) is 0 Å². The maximum Gasteiger partial charge on any atom is 0.289 e. The van der Waals surface area contributed by atoms with Gasteiger partial charge < -0.3 is 20.0 Å². The van der Waals surface area contributed by atoms with E-state index in [0.29, 0.717) is 44.3 Å². The first-order valence-corrected chi connectivity index (χ1v) is 11.3. The van der Waals surface area contributed by atoms with Crippen LogP contribution in [0.3, 0.4) is 0 Å². The lowest BCUT2D eigenvalue weighted by atomic mass is 9.97.